The number of anilines is 1. The second kappa shape index (κ2) is 10.3. The number of nitrogen functional groups attached to an aromatic ring is 1. The van der Waals surface area contributed by atoms with E-state index in [2.05, 4.69) is 47.6 Å². The Hall–Kier alpha value is -4.70. The summed E-state index contributed by atoms with van der Waals surface area (Å²) in [5.41, 5.74) is 11.1. The van der Waals surface area contributed by atoms with Crippen LogP contribution < -0.4 is 11.1 Å². The molecule has 0 unspecified atom stereocenters. The van der Waals surface area contributed by atoms with Gasteiger partial charge in [0.05, 0.1) is 24.1 Å². The van der Waals surface area contributed by atoms with Crippen LogP contribution in [-0.2, 0) is 13.1 Å². The highest BCUT2D eigenvalue weighted by Crippen LogP contribution is 2.21. The normalized spacial score (nSPS) is 13.7. The first-order chi connectivity index (χ1) is 18.6. The van der Waals surface area contributed by atoms with Gasteiger partial charge in [-0.05, 0) is 43.6 Å². The number of hydrogen-bond donors (Lipinski definition) is 2. The maximum atomic E-state index is 13.0. The fourth-order valence-electron chi connectivity index (χ4n) is 4.63. The largest absolute Gasteiger partial charge is 0.382 e. The number of nitrogens with two attached hydrogens (primary N) is 1. The van der Waals surface area contributed by atoms with Gasteiger partial charge in [0.1, 0.15) is 0 Å². The number of carbonyl (C=O) groups is 1. The van der Waals surface area contributed by atoms with Crippen LogP contribution in [0.3, 0.4) is 0 Å². The molecule has 1 saturated heterocycles. The number of aromatic nitrogens is 6. The molecule has 0 atom stereocenters. The third-order valence-corrected chi connectivity index (χ3v) is 6.67. The van der Waals surface area contributed by atoms with Crippen LogP contribution in [0.5, 0.6) is 0 Å². The Bertz CT molecular complexity index is 1580. The zero-order valence-electron chi connectivity index (χ0n) is 20.8. The first-order valence-electron chi connectivity index (χ1n) is 12.6. The maximum Gasteiger partial charge on any atom is 0.274 e. The topological polar surface area (TPSA) is 127 Å². The molecular formula is C28H27N9O. The second-order valence-electron chi connectivity index (χ2n) is 9.32. The molecule has 1 aliphatic heterocycles. The molecular weight excluding hydrogens is 478 g/mol. The lowest BCUT2D eigenvalue weighted by atomic mass is 10.1. The van der Waals surface area contributed by atoms with Crippen LogP contribution >= 0.6 is 0 Å². The fraction of sp³-hybridized carbons (Fsp3) is 0.214. The molecule has 0 aliphatic carbocycles. The van der Waals surface area contributed by atoms with Gasteiger partial charge in [-0.15, -0.1) is 10.2 Å². The van der Waals surface area contributed by atoms with Gasteiger partial charge in [-0.3, -0.25) is 9.69 Å². The van der Waals surface area contributed by atoms with Crippen LogP contribution in [0, 0.1) is 0 Å². The monoisotopic (exact) mass is 505 g/mol. The summed E-state index contributed by atoms with van der Waals surface area (Å²) in [6, 6.07) is 21.8. The predicted octanol–water partition coefficient (Wildman–Crippen LogP) is 3.36. The van der Waals surface area contributed by atoms with Gasteiger partial charge in [0, 0.05) is 17.7 Å². The lowest BCUT2D eigenvalue weighted by Gasteiger charge is -2.14. The fourth-order valence-corrected chi connectivity index (χ4v) is 4.63. The summed E-state index contributed by atoms with van der Waals surface area (Å²) in [7, 11) is 0. The van der Waals surface area contributed by atoms with Crippen molar-refractivity contribution >= 4 is 17.4 Å². The number of amides is 1. The van der Waals surface area contributed by atoms with Gasteiger partial charge in [-0.1, -0.05) is 54.6 Å². The minimum atomic E-state index is -0.446. The molecule has 0 saturated carbocycles. The smallest absolute Gasteiger partial charge is 0.274 e. The number of nitrogens with zero attached hydrogens (tertiary/aromatic N) is 7. The molecule has 10 heteroatoms. The Kier molecular flexibility index (Phi) is 6.45. The summed E-state index contributed by atoms with van der Waals surface area (Å²) >= 11 is 0. The SMILES string of the molecule is Nc1ncc(-c2ccc(CN3CCCC3)cc2)nc1C(=O)NCc1nnc2ccc(-c3ccccc3)nn12. The van der Waals surface area contributed by atoms with Crippen molar-refractivity contribution < 1.29 is 4.79 Å². The van der Waals surface area contributed by atoms with Crippen molar-refractivity contribution in [3.63, 3.8) is 0 Å². The number of carbonyl (C=O) groups excluding carboxylic acids is 1. The molecule has 1 aliphatic rings. The first-order valence-corrected chi connectivity index (χ1v) is 12.6. The summed E-state index contributed by atoms with van der Waals surface area (Å²) in [4.78, 5) is 24.2. The summed E-state index contributed by atoms with van der Waals surface area (Å²) in [5, 5.41) is 15.8. The van der Waals surface area contributed by atoms with Gasteiger partial charge in [0.2, 0.25) is 0 Å². The summed E-state index contributed by atoms with van der Waals surface area (Å²) in [5.74, 6) is 0.105. The van der Waals surface area contributed by atoms with Crippen molar-refractivity contribution in [2.45, 2.75) is 25.9 Å². The molecule has 1 fully saturated rings. The van der Waals surface area contributed by atoms with E-state index in [4.69, 9.17) is 5.73 Å². The van der Waals surface area contributed by atoms with E-state index in [-0.39, 0.29) is 18.1 Å². The van der Waals surface area contributed by atoms with Gasteiger partial charge in [0.15, 0.2) is 23.0 Å². The molecule has 3 aromatic heterocycles. The van der Waals surface area contributed by atoms with E-state index >= 15 is 0 Å². The minimum Gasteiger partial charge on any atom is -0.382 e. The predicted molar refractivity (Wildman–Crippen MR) is 144 cm³/mol. The molecule has 0 radical (unpaired) electrons. The van der Waals surface area contributed by atoms with E-state index in [9.17, 15) is 4.79 Å². The van der Waals surface area contributed by atoms with E-state index in [1.807, 2.05) is 54.6 Å². The number of fused-ring (bicyclic) bond motifs is 1. The van der Waals surface area contributed by atoms with Gasteiger partial charge in [0.25, 0.3) is 5.91 Å². The zero-order valence-corrected chi connectivity index (χ0v) is 20.8. The number of benzene rings is 2. The summed E-state index contributed by atoms with van der Waals surface area (Å²) < 4.78 is 1.62. The van der Waals surface area contributed by atoms with Crippen molar-refractivity contribution in [2.24, 2.45) is 0 Å². The molecule has 0 spiro atoms. The molecule has 2 aromatic carbocycles. The standard InChI is InChI=1S/C28H27N9O/c29-27-26(32-23(16-30-27)21-10-8-19(9-11-21)18-36-14-4-5-15-36)28(38)31-17-25-34-33-24-13-12-22(35-37(24)25)20-6-2-1-3-7-20/h1-3,6-13,16H,4-5,14-15,17-18H2,(H2,29,30)(H,31,38). The van der Waals surface area contributed by atoms with Crippen molar-refractivity contribution in [1.82, 2.24) is 40.0 Å². The number of hydrogen-bond acceptors (Lipinski definition) is 8. The Morgan fingerprint density at radius 1 is 0.895 bits per heavy atom. The highest BCUT2D eigenvalue weighted by atomic mass is 16.1. The average molecular weight is 506 g/mol. The lowest BCUT2D eigenvalue weighted by molar-refractivity contribution is 0.0945. The van der Waals surface area contributed by atoms with Crippen molar-refractivity contribution in [3.05, 3.63) is 90.0 Å². The lowest BCUT2D eigenvalue weighted by Crippen LogP contribution is -2.26. The third-order valence-electron chi connectivity index (χ3n) is 6.67. The highest BCUT2D eigenvalue weighted by molar-refractivity contribution is 5.96. The van der Waals surface area contributed by atoms with Crippen LogP contribution in [0.25, 0.3) is 28.2 Å². The molecule has 3 N–H and O–H groups in total. The average Bonchev–Trinajstić information content (AvgIpc) is 3.62. The molecule has 38 heavy (non-hydrogen) atoms. The Morgan fingerprint density at radius 2 is 1.66 bits per heavy atom. The quantitative estimate of drug-likeness (QED) is 0.345. The second-order valence-corrected chi connectivity index (χ2v) is 9.32. The maximum absolute atomic E-state index is 13.0. The molecule has 0 bridgehead atoms. The van der Waals surface area contributed by atoms with Gasteiger partial charge in [-0.25, -0.2) is 9.97 Å². The Labute approximate surface area is 219 Å². The summed E-state index contributed by atoms with van der Waals surface area (Å²) in [6.07, 6.45) is 4.12. The summed E-state index contributed by atoms with van der Waals surface area (Å²) in [6.45, 7) is 3.35. The van der Waals surface area contributed by atoms with Gasteiger partial charge < -0.3 is 11.1 Å². The minimum absolute atomic E-state index is 0.0625. The van der Waals surface area contributed by atoms with Crippen LogP contribution in [0.2, 0.25) is 0 Å². The van der Waals surface area contributed by atoms with Crippen LogP contribution in [-0.4, -0.2) is 53.7 Å². The van der Waals surface area contributed by atoms with Gasteiger partial charge >= 0.3 is 0 Å². The number of likely N-dealkylation sites (tertiary alicyclic amines) is 1. The van der Waals surface area contributed by atoms with E-state index in [1.165, 1.54) is 18.4 Å². The Morgan fingerprint density at radius 3 is 2.45 bits per heavy atom. The van der Waals surface area contributed by atoms with E-state index in [1.54, 1.807) is 10.7 Å². The third kappa shape index (κ3) is 4.94. The molecule has 10 nitrogen and oxygen atoms in total. The zero-order chi connectivity index (χ0) is 25.9. The van der Waals surface area contributed by atoms with E-state index in [0.717, 1.165) is 36.5 Å². The van der Waals surface area contributed by atoms with Crippen LogP contribution in [0.1, 0.15) is 34.7 Å². The molecule has 1 amide bonds. The molecule has 5 aromatic rings. The Balaban J connectivity index is 1.17. The molecule has 4 heterocycles. The van der Waals surface area contributed by atoms with Crippen molar-refractivity contribution in [1.29, 1.82) is 0 Å². The van der Waals surface area contributed by atoms with Crippen LogP contribution in [0.4, 0.5) is 5.82 Å². The van der Waals surface area contributed by atoms with Crippen molar-refractivity contribution in [2.75, 3.05) is 18.8 Å². The van der Waals surface area contributed by atoms with E-state index in [0.29, 0.717) is 17.2 Å². The number of nitrogens with one attached hydrogen (secondary N) is 1. The van der Waals surface area contributed by atoms with Gasteiger partial charge in [-0.2, -0.15) is 9.61 Å². The van der Waals surface area contributed by atoms with Crippen molar-refractivity contribution in [3.8, 4) is 22.5 Å². The van der Waals surface area contributed by atoms with E-state index < -0.39 is 5.91 Å². The van der Waals surface area contributed by atoms with Crippen LogP contribution in [0.15, 0.2) is 72.9 Å². The highest BCUT2D eigenvalue weighted by Gasteiger charge is 2.17. The first kappa shape index (κ1) is 23.7. The molecule has 190 valence electrons. The number of rotatable bonds is 7. The molecule has 6 rings (SSSR count).